The van der Waals surface area contributed by atoms with Crippen LogP contribution in [0.1, 0.15) is 110 Å². The van der Waals surface area contributed by atoms with E-state index in [0.29, 0.717) is 13.2 Å². The van der Waals surface area contributed by atoms with Crippen molar-refractivity contribution in [3.05, 3.63) is 24.3 Å². The van der Waals surface area contributed by atoms with Crippen LogP contribution >= 0.6 is 7.60 Å². The summed E-state index contributed by atoms with van der Waals surface area (Å²) >= 11 is 0. The topological polar surface area (TPSA) is 116 Å². The van der Waals surface area contributed by atoms with Gasteiger partial charge in [0, 0.05) is 13.0 Å². The monoisotopic (exact) mass is 578 g/mol. The highest BCUT2D eigenvalue weighted by atomic mass is 31.2. The lowest BCUT2D eigenvalue weighted by Crippen LogP contribution is -2.48. The Morgan fingerprint density at radius 3 is 1.79 bits per heavy atom. The van der Waals surface area contributed by atoms with Crippen LogP contribution in [0.25, 0.3) is 0 Å². The molecule has 39 heavy (non-hydrogen) atoms. The van der Waals surface area contributed by atoms with Gasteiger partial charge in [-0.25, -0.2) is 0 Å². The summed E-state index contributed by atoms with van der Waals surface area (Å²) in [4.78, 5) is 10.3. The first-order valence-corrected chi connectivity index (χ1v) is 16.9. The second-order valence-corrected chi connectivity index (χ2v) is 13.4. The standard InChI is InChI=1S/C30H60NO7P/c1-5-6-7-8-9-10-11-12-13-14-15-16-17-18-19-20-21-22-25-37-26-29(32)27-38-39(35,36)28(2)31(3,4)24-23-30(33)34/h7-8,13-14,28-30,32-34H,5-6,9-12,15-27H2,1-4H3/p+1/b8-7-,14-13-/t28?,29-/m1/s1. The van der Waals surface area contributed by atoms with Gasteiger partial charge < -0.3 is 34.0 Å². The Kier molecular flexibility index (Phi) is 23.7. The van der Waals surface area contributed by atoms with Gasteiger partial charge in [0.05, 0.1) is 33.9 Å². The van der Waals surface area contributed by atoms with E-state index in [0.717, 1.165) is 12.8 Å². The molecule has 232 valence electrons. The van der Waals surface area contributed by atoms with E-state index in [4.69, 9.17) is 19.5 Å². The molecule has 2 unspecified atom stereocenters. The Morgan fingerprint density at radius 1 is 0.769 bits per heavy atom. The number of aliphatic hydroxyl groups excluding tert-OH is 2. The van der Waals surface area contributed by atoms with Gasteiger partial charge in [0.1, 0.15) is 6.10 Å². The average molecular weight is 579 g/mol. The van der Waals surface area contributed by atoms with Crippen LogP contribution in [0.2, 0.25) is 0 Å². The zero-order valence-corrected chi connectivity index (χ0v) is 26.3. The molecule has 0 heterocycles. The molecule has 0 aromatic carbocycles. The quantitative estimate of drug-likeness (QED) is 0.0298. The molecule has 0 saturated heterocycles. The summed E-state index contributed by atoms with van der Waals surface area (Å²) in [5.41, 5.74) is 0. The average Bonchev–Trinajstić information content (AvgIpc) is 2.89. The first-order chi connectivity index (χ1) is 18.5. The van der Waals surface area contributed by atoms with Crippen LogP contribution < -0.4 is 0 Å². The van der Waals surface area contributed by atoms with Crippen molar-refractivity contribution >= 4 is 7.60 Å². The van der Waals surface area contributed by atoms with Gasteiger partial charge in [0.25, 0.3) is 0 Å². The minimum atomic E-state index is -4.01. The van der Waals surface area contributed by atoms with E-state index < -0.39 is 25.8 Å². The fourth-order valence-corrected chi connectivity index (χ4v) is 5.62. The van der Waals surface area contributed by atoms with Crippen molar-refractivity contribution < 1.29 is 38.5 Å². The number of allylic oxidation sites excluding steroid dienone is 4. The molecule has 0 radical (unpaired) electrons. The number of hydrogen-bond acceptors (Lipinski definition) is 6. The number of hydrogen-bond donors (Lipinski definition) is 4. The molecule has 0 aliphatic carbocycles. The predicted molar refractivity (Wildman–Crippen MR) is 160 cm³/mol. The molecule has 0 spiro atoms. The third-order valence-electron chi connectivity index (χ3n) is 7.15. The number of unbranched alkanes of at least 4 members (excludes halogenated alkanes) is 11. The van der Waals surface area contributed by atoms with Gasteiger partial charge in [-0.15, -0.1) is 0 Å². The van der Waals surface area contributed by atoms with Gasteiger partial charge in [0.2, 0.25) is 0 Å². The molecular formula is C30H61NO7P+. The second-order valence-electron chi connectivity index (χ2n) is 11.3. The highest BCUT2D eigenvalue weighted by molar-refractivity contribution is 7.53. The molecule has 0 saturated carbocycles. The SMILES string of the molecule is CCC/C=C\CCCC/C=C\CCCCCCCCCOC[C@@H](O)COP(=O)(O)C(C)[N+](C)(C)CCC(O)O. The Morgan fingerprint density at radius 2 is 1.26 bits per heavy atom. The summed E-state index contributed by atoms with van der Waals surface area (Å²) in [5.74, 6) is -0.779. The van der Waals surface area contributed by atoms with Crippen molar-refractivity contribution in [3.8, 4) is 0 Å². The lowest BCUT2D eigenvalue weighted by molar-refractivity contribution is -0.901. The van der Waals surface area contributed by atoms with Crippen LogP contribution in [0.5, 0.6) is 0 Å². The molecule has 0 aromatic rings. The fraction of sp³-hybridized carbons (Fsp3) is 0.867. The minimum Gasteiger partial charge on any atom is -0.388 e. The van der Waals surface area contributed by atoms with Crippen LogP contribution in [0, 0.1) is 0 Å². The number of ether oxygens (including phenoxy) is 1. The number of aliphatic hydroxyl groups is 3. The van der Waals surface area contributed by atoms with Gasteiger partial charge in [-0.3, -0.25) is 4.57 Å². The highest BCUT2D eigenvalue weighted by Crippen LogP contribution is 2.50. The molecule has 0 bridgehead atoms. The van der Waals surface area contributed by atoms with Gasteiger partial charge >= 0.3 is 7.60 Å². The molecule has 4 N–H and O–H groups in total. The molecule has 0 amide bonds. The molecular weight excluding hydrogens is 517 g/mol. The van der Waals surface area contributed by atoms with Crippen LogP contribution in [0.3, 0.4) is 0 Å². The number of nitrogens with zero attached hydrogens (tertiary/aromatic N) is 1. The van der Waals surface area contributed by atoms with Crippen molar-refractivity contribution in [2.45, 2.75) is 128 Å². The van der Waals surface area contributed by atoms with E-state index in [1.165, 1.54) is 77.0 Å². The largest absolute Gasteiger partial charge is 0.388 e. The third-order valence-corrected chi connectivity index (χ3v) is 9.24. The molecule has 0 aliphatic rings. The van der Waals surface area contributed by atoms with Crippen molar-refractivity contribution in [1.82, 2.24) is 0 Å². The Hall–Kier alpha value is -0.570. The zero-order valence-electron chi connectivity index (χ0n) is 25.4. The Bertz CT molecular complexity index is 670. The summed E-state index contributed by atoms with van der Waals surface area (Å²) in [6.45, 7) is 4.43. The Labute approximate surface area is 239 Å². The summed E-state index contributed by atoms with van der Waals surface area (Å²) in [6.07, 6.45) is 23.8. The fourth-order valence-electron chi connectivity index (χ4n) is 4.11. The third kappa shape index (κ3) is 22.8. The lowest BCUT2D eigenvalue weighted by Gasteiger charge is -2.37. The smallest absolute Gasteiger partial charge is 0.384 e. The molecule has 0 fully saturated rings. The van der Waals surface area contributed by atoms with Gasteiger partial charge in [-0.2, -0.15) is 0 Å². The van der Waals surface area contributed by atoms with Crippen LogP contribution in [-0.2, 0) is 13.8 Å². The van der Waals surface area contributed by atoms with Crippen LogP contribution in [0.15, 0.2) is 24.3 Å². The summed E-state index contributed by atoms with van der Waals surface area (Å²) in [6, 6.07) is 0. The molecule has 0 rings (SSSR count). The van der Waals surface area contributed by atoms with E-state index in [-0.39, 0.29) is 24.1 Å². The van der Waals surface area contributed by atoms with Gasteiger partial charge in [0.15, 0.2) is 12.1 Å². The van der Waals surface area contributed by atoms with Crippen molar-refractivity contribution in [2.75, 3.05) is 40.5 Å². The molecule has 8 nitrogen and oxygen atoms in total. The summed E-state index contributed by atoms with van der Waals surface area (Å²) < 4.78 is 23.4. The van der Waals surface area contributed by atoms with Crippen LogP contribution in [0.4, 0.5) is 0 Å². The maximum absolute atomic E-state index is 12.6. The molecule has 3 atom stereocenters. The first kappa shape index (κ1) is 38.4. The zero-order chi connectivity index (χ0) is 29.4. The molecule has 0 aliphatic heterocycles. The van der Waals surface area contributed by atoms with E-state index in [9.17, 15) is 14.6 Å². The van der Waals surface area contributed by atoms with E-state index in [1.54, 1.807) is 21.0 Å². The molecule has 9 heteroatoms. The maximum Gasteiger partial charge on any atom is 0.384 e. The van der Waals surface area contributed by atoms with Gasteiger partial charge in [-0.05, 0) is 58.3 Å². The highest BCUT2D eigenvalue weighted by Gasteiger charge is 2.41. The predicted octanol–water partition coefficient (Wildman–Crippen LogP) is 6.28. The second kappa shape index (κ2) is 24.1. The van der Waals surface area contributed by atoms with E-state index in [1.807, 2.05) is 0 Å². The van der Waals surface area contributed by atoms with Crippen molar-refractivity contribution in [1.29, 1.82) is 0 Å². The number of rotatable bonds is 27. The first-order valence-electron chi connectivity index (χ1n) is 15.2. The van der Waals surface area contributed by atoms with Gasteiger partial charge in [-0.1, -0.05) is 69.8 Å². The van der Waals surface area contributed by atoms with Crippen molar-refractivity contribution in [2.24, 2.45) is 0 Å². The van der Waals surface area contributed by atoms with E-state index in [2.05, 4.69) is 31.2 Å². The minimum absolute atomic E-state index is 0.0624. The van der Waals surface area contributed by atoms with E-state index >= 15 is 0 Å². The normalized spacial score (nSPS) is 15.9. The maximum atomic E-state index is 12.6. The number of quaternary nitrogens is 1. The van der Waals surface area contributed by atoms with Crippen molar-refractivity contribution in [3.63, 3.8) is 0 Å². The lowest BCUT2D eigenvalue weighted by atomic mass is 10.1. The Balaban J connectivity index is 3.66. The molecule has 0 aromatic heterocycles. The summed E-state index contributed by atoms with van der Waals surface area (Å²) in [5, 5.41) is 28.2. The van der Waals surface area contributed by atoms with Crippen LogP contribution in [-0.4, -0.2) is 83.3 Å². The summed E-state index contributed by atoms with van der Waals surface area (Å²) in [7, 11) is -0.551.